The van der Waals surface area contributed by atoms with Gasteiger partial charge in [0, 0.05) is 30.2 Å². The van der Waals surface area contributed by atoms with E-state index < -0.39 is 0 Å². The van der Waals surface area contributed by atoms with Gasteiger partial charge in [0.15, 0.2) is 5.82 Å². The lowest BCUT2D eigenvalue weighted by atomic mass is 10.1. The fraction of sp³-hybridized carbons (Fsp3) is 0.111. The van der Waals surface area contributed by atoms with E-state index in [0.29, 0.717) is 12.2 Å². The van der Waals surface area contributed by atoms with Gasteiger partial charge in [0.2, 0.25) is 0 Å². The summed E-state index contributed by atoms with van der Waals surface area (Å²) < 4.78 is 0. The van der Waals surface area contributed by atoms with Gasteiger partial charge in [-0.2, -0.15) is 0 Å². The summed E-state index contributed by atoms with van der Waals surface area (Å²) in [4.78, 5) is 8.85. The predicted octanol–water partition coefficient (Wildman–Crippen LogP) is 3.65. The maximum atomic E-state index is 5.86. The second-order valence-corrected chi connectivity index (χ2v) is 5.22. The van der Waals surface area contributed by atoms with E-state index in [2.05, 4.69) is 46.5 Å². The Hall–Kier alpha value is -2.88. The van der Waals surface area contributed by atoms with Gasteiger partial charge in [-0.15, -0.1) is 0 Å². The third-order valence-corrected chi connectivity index (χ3v) is 3.40. The van der Waals surface area contributed by atoms with Crippen LogP contribution >= 0.6 is 0 Å². The van der Waals surface area contributed by atoms with Crippen molar-refractivity contribution in [3.63, 3.8) is 0 Å². The number of benzene rings is 2. The Morgan fingerprint density at radius 3 is 2.64 bits per heavy atom. The number of nitrogens with one attached hydrogen (secondary N) is 1. The molecule has 0 radical (unpaired) electrons. The number of hydrogen-bond acceptors (Lipinski definition) is 4. The molecule has 0 saturated carbocycles. The Morgan fingerprint density at radius 1 is 1.00 bits per heavy atom. The summed E-state index contributed by atoms with van der Waals surface area (Å²) in [7, 11) is 0. The summed E-state index contributed by atoms with van der Waals surface area (Å²) >= 11 is 0. The van der Waals surface area contributed by atoms with E-state index in [0.717, 1.165) is 17.1 Å². The monoisotopic (exact) mass is 290 g/mol. The molecule has 0 fully saturated rings. The topological polar surface area (TPSA) is 63.8 Å². The molecule has 4 heteroatoms. The first kappa shape index (κ1) is 14.1. The molecule has 0 amide bonds. The lowest BCUT2D eigenvalue weighted by Crippen LogP contribution is -2.04. The van der Waals surface area contributed by atoms with Crippen LogP contribution in [0.5, 0.6) is 0 Å². The van der Waals surface area contributed by atoms with E-state index in [4.69, 9.17) is 5.73 Å². The summed E-state index contributed by atoms with van der Waals surface area (Å²) in [5, 5.41) is 3.36. The molecule has 1 aromatic heterocycles. The molecule has 0 aliphatic rings. The fourth-order valence-electron chi connectivity index (χ4n) is 2.37. The molecular formula is C18H18N4. The number of rotatable bonds is 4. The van der Waals surface area contributed by atoms with Crippen molar-refractivity contribution < 1.29 is 0 Å². The second kappa shape index (κ2) is 6.26. The summed E-state index contributed by atoms with van der Waals surface area (Å²) in [5.41, 5.74) is 10.8. The highest BCUT2D eigenvalue weighted by atomic mass is 15.0. The van der Waals surface area contributed by atoms with Gasteiger partial charge in [-0.25, -0.2) is 4.98 Å². The first-order valence-electron chi connectivity index (χ1n) is 7.19. The van der Waals surface area contributed by atoms with Crippen LogP contribution in [0.3, 0.4) is 0 Å². The van der Waals surface area contributed by atoms with E-state index in [-0.39, 0.29) is 0 Å². The quantitative estimate of drug-likeness (QED) is 0.720. The second-order valence-electron chi connectivity index (χ2n) is 5.22. The van der Waals surface area contributed by atoms with E-state index >= 15 is 0 Å². The van der Waals surface area contributed by atoms with Crippen LogP contribution in [-0.2, 0) is 6.54 Å². The molecule has 0 spiro atoms. The minimum absolute atomic E-state index is 0.704. The Balaban J connectivity index is 1.85. The first-order valence-corrected chi connectivity index (χ1v) is 7.19. The molecule has 4 nitrogen and oxygen atoms in total. The molecule has 3 aromatic rings. The summed E-state index contributed by atoms with van der Waals surface area (Å²) in [5.74, 6) is 0.759. The van der Waals surface area contributed by atoms with Crippen LogP contribution in [0.1, 0.15) is 11.1 Å². The molecule has 1 heterocycles. The van der Waals surface area contributed by atoms with Gasteiger partial charge in [-0.05, 0) is 24.6 Å². The Kier molecular flexibility index (Phi) is 4.01. The molecule has 0 saturated heterocycles. The van der Waals surface area contributed by atoms with Gasteiger partial charge in [-0.3, -0.25) is 4.98 Å². The van der Waals surface area contributed by atoms with E-state index in [9.17, 15) is 0 Å². The largest absolute Gasteiger partial charge is 0.399 e. The van der Waals surface area contributed by atoms with Crippen LogP contribution in [0.2, 0.25) is 0 Å². The average molecular weight is 290 g/mol. The zero-order valence-corrected chi connectivity index (χ0v) is 12.5. The van der Waals surface area contributed by atoms with Crippen molar-refractivity contribution in [1.29, 1.82) is 0 Å². The van der Waals surface area contributed by atoms with Crippen molar-refractivity contribution in [3.05, 3.63) is 72.1 Å². The lowest BCUT2D eigenvalue weighted by molar-refractivity contribution is 1.09. The molecule has 0 atom stereocenters. The van der Waals surface area contributed by atoms with Crippen molar-refractivity contribution in [2.75, 3.05) is 11.1 Å². The van der Waals surface area contributed by atoms with Crippen molar-refractivity contribution in [3.8, 4) is 11.3 Å². The van der Waals surface area contributed by atoms with Crippen molar-refractivity contribution in [2.24, 2.45) is 0 Å². The number of anilines is 2. The van der Waals surface area contributed by atoms with Gasteiger partial charge in [0.1, 0.15) is 5.69 Å². The molecule has 0 bridgehead atoms. The van der Waals surface area contributed by atoms with Gasteiger partial charge >= 0.3 is 0 Å². The number of aromatic nitrogens is 2. The zero-order chi connectivity index (χ0) is 15.4. The van der Waals surface area contributed by atoms with Crippen LogP contribution in [0.4, 0.5) is 11.5 Å². The smallest absolute Gasteiger partial charge is 0.152 e. The highest BCUT2D eigenvalue weighted by Gasteiger charge is 2.08. The number of nitrogens with two attached hydrogens (primary N) is 1. The van der Waals surface area contributed by atoms with Gasteiger partial charge in [-0.1, -0.05) is 42.0 Å². The Labute approximate surface area is 130 Å². The number of aryl methyl sites for hydroxylation is 1. The predicted molar refractivity (Wildman–Crippen MR) is 90.4 cm³/mol. The maximum Gasteiger partial charge on any atom is 0.152 e. The molecule has 110 valence electrons. The van der Waals surface area contributed by atoms with Crippen molar-refractivity contribution >= 4 is 11.5 Å². The molecule has 0 aliphatic heterocycles. The Bertz CT molecular complexity index is 783. The number of nitrogen functional groups attached to an aromatic ring is 1. The van der Waals surface area contributed by atoms with Gasteiger partial charge in [0.25, 0.3) is 0 Å². The minimum Gasteiger partial charge on any atom is -0.399 e. The highest BCUT2D eigenvalue weighted by Crippen LogP contribution is 2.25. The summed E-state index contributed by atoms with van der Waals surface area (Å²) in [6.07, 6.45) is 3.38. The van der Waals surface area contributed by atoms with Crippen molar-refractivity contribution in [1.82, 2.24) is 9.97 Å². The minimum atomic E-state index is 0.704. The van der Waals surface area contributed by atoms with E-state index in [1.54, 1.807) is 12.4 Å². The first-order chi connectivity index (χ1) is 10.7. The van der Waals surface area contributed by atoms with Gasteiger partial charge in [0.05, 0.1) is 0 Å². The molecule has 0 aliphatic carbocycles. The molecule has 22 heavy (non-hydrogen) atoms. The van der Waals surface area contributed by atoms with Crippen molar-refractivity contribution in [2.45, 2.75) is 13.5 Å². The van der Waals surface area contributed by atoms with Crippen LogP contribution in [0.15, 0.2) is 60.9 Å². The third-order valence-electron chi connectivity index (χ3n) is 3.40. The lowest BCUT2D eigenvalue weighted by Gasteiger charge is -2.11. The van der Waals surface area contributed by atoms with Crippen LogP contribution in [0, 0.1) is 6.92 Å². The zero-order valence-electron chi connectivity index (χ0n) is 12.5. The van der Waals surface area contributed by atoms with E-state index in [1.165, 1.54) is 11.1 Å². The van der Waals surface area contributed by atoms with Crippen LogP contribution < -0.4 is 11.1 Å². The molecule has 0 unspecified atom stereocenters. The number of nitrogens with zero attached hydrogens (tertiary/aromatic N) is 2. The van der Waals surface area contributed by atoms with Crippen LogP contribution in [0.25, 0.3) is 11.3 Å². The SMILES string of the molecule is Cc1cccc(CNc2nccnc2-c2cccc(N)c2)c1. The molecular weight excluding hydrogens is 272 g/mol. The summed E-state index contributed by atoms with van der Waals surface area (Å²) in [6, 6.07) is 16.1. The summed E-state index contributed by atoms with van der Waals surface area (Å²) in [6.45, 7) is 2.79. The normalized spacial score (nSPS) is 10.4. The fourth-order valence-corrected chi connectivity index (χ4v) is 2.37. The number of hydrogen-bond donors (Lipinski definition) is 2. The maximum absolute atomic E-state index is 5.86. The molecule has 3 N–H and O–H groups in total. The molecule has 3 rings (SSSR count). The molecule has 2 aromatic carbocycles. The van der Waals surface area contributed by atoms with Crippen LogP contribution in [-0.4, -0.2) is 9.97 Å². The standard InChI is InChI=1S/C18H18N4/c1-13-4-2-5-14(10-13)12-22-18-17(20-8-9-21-18)15-6-3-7-16(19)11-15/h2-11H,12,19H2,1H3,(H,21,22). The van der Waals surface area contributed by atoms with Gasteiger partial charge < -0.3 is 11.1 Å². The van der Waals surface area contributed by atoms with E-state index in [1.807, 2.05) is 24.3 Å². The Morgan fingerprint density at radius 2 is 1.82 bits per heavy atom. The average Bonchev–Trinajstić information content (AvgIpc) is 2.53. The highest BCUT2D eigenvalue weighted by molar-refractivity contribution is 5.73. The third kappa shape index (κ3) is 3.23.